The standard InChI is InChI=1S/C13H11ClN2O2S/c1-7-8(2)19-12(15-7)6-16-10-4-3-9(14)5-11(10)18-13(16)17/h3-5H,6H2,1-2H3. The van der Waals surface area contributed by atoms with Gasteiger partial charge in [-0.3, -0.25) is 4.57 Å². The Morgan fingerprint density at radius 2 is 2.21 bits per heavy atom. The molecule has 0 N–H and O–H groups in total. The lowest BCUT2D eigenvalue weighted by Gasteiger charge is -1.98. The average molecular weight is 295 g/mol. The van der Waals surface area contributed by atoms with Crippen LogP contribution in [0.5, 0.6) is 0 Å². The molecule has 0 amide bonds. The molecule has 1 aromatic carbocycles. The van der Waals surface area contributed by atoms with E-state index in [9.17, 15) is 4.79 Å². The number of aromatic nitrogens is 2. The van der Waals surface area contributed by atoms with Gasteiger partial charge in [-0.05, 0) is 26.0 Å². The van der Waals surface area contributed by atoms with Crippen molar-refractivity contribution in [2.75, 3.05) is 0 Å². The lowest BCUT2D eigenvalue weighted by Crippen LogP contribution is -2.14. The Morgan fingerprint density at radius 1 is 1.42 bits per heavy atom. The molecular formula is C13H11ClN2O2S. The second-order valence-electron chi connectivity index (χ2n) is 4.32. The summed E-state index contributed by atoms with van der Waals surface area (Å²) in [5, 5.41) is 1.45. The molecule has 0 aliphatic carbocycles. The maximum absolute atomic E-state index is 11.9. The van der Waals surface area contributed by atoms with Crippen molar-refractivity contribution in [3.63, 3.8) is 0 Å². The third kappa shape index (κ3) is 2.19. The SMILES string of the molecule is Cc1nc(Cn2c(=O)oc3cc(Cl)ccc32)sc1C. The molecule has 0 radical (unpaired) electrons. The van der Waals surface area contributed by atoms with Crippen LogP contribution in [0.25, 0.3) is 11.1 Å². The van der Waals surface area contributed by atoms with Gasteiger partial charge in [-0.15, -0.1) is 11.3 Å². The van der Waals surface area contributed by atoms with Gasteiger partial charge in [0.15, 0.2) is 5.58 Å². The zero-order valence-corrected chi connectivity index (χ0v) is 12.0. The van der Waals surface area contributed by atoms with E-state index in [4.69, 9.17) is 16.0 Å². The number of thiazole rings is 1. The van der Waals surface area contributed by atoms with Crippen LogP contribution in [0, 0.1) is 13.8 Å². The third-order valence-corrected chi connectivity index (χ3v) is 4.29. The van der Waals surface area contributed by atoms with Crippen LogP contribution in [-0.2, 0) is 6.54 Å². The Labute approximate surface area is 118 Å². The van der Waals surface area contributed by atoms with Crippen LogP contribution >= 0.6 is 22.9 Å². The van der Waals surface area contributed by atoms with Crippen LogP contribution in [0.4, 0.5) is 0 Å². The van der Waals surface area contributed by atoms with Gasteiger partial charge in [0.05, 0.1) is 17.8 Å². The number of fused-ring (bicyclic) bond motifs is 1. The molecule has 0 fully saturated rings. The zero-order chi connectivity index (χ0) is 13.6. The van der Waals surface area contributed by atoms with E-state index in [1.807, 2.05) is 13.8 Å². The highest BCUT2D eigenvalue weighted by Gasteiger charge is 2.12. The molecule has 0 bridgehead atoms. The van der Waals surface area contributed by atoms with E-state index in [-0.39, 0.29) is 5.76 Å². The molecule has 19 heavy (non-hydrogen) atoms. The van der Waals surface area contributed by atoms with E-state index in [2.05, 4.69) is 4.98 Å². The van der Waals surface area contributed by atoms with E-state index < -0.39 is 0 Å². The van der Waals surface area contributed by atoms with Gasteiger partial charge >= 0.3 is 5.76 Å². The summed E-state index contributed by atoms with van der Waals surface area (Å²) in [7, 11) is 0. The quantitative estimate of drug-likeness (QED) is 0.728. The van der Waals surface area contributed by atoms with Crippen LogP contribution in [0.15, 0.2) is 27.4 Å². The van der Waals surface area contributed by atoms with Crippen molar-refractivity contribution in [3.05, 3.63) is 49.4 Å². The number of benzene rings is 1. The van der Waals surface area contributed by atoms with E-state index >= 15 is 0 Å². The first-order valence-corrected chi connectivity index (χ1v) is 6.96. The number of hydrogen-bond donors (Lipinski definition) is 0. The van der Waals surface area contributed by atoms with Crippen LogP contribution < -0.4 is 5.76 Å². The summed E-state index contributed by atoms with van der Waals surface area (Å²) in [5.41, 5.74) is 2.24. The highest BCUT2D eigenvalue weighted by Crippen LogP contribution is 2.21. The van der Waals surface area contributed by atoms with Crippen LogP contribution in [0.2, 0.25) is 5.02 Å². The molecule has 4 nitrogen and oxygen atoms in total. The second kappa shape index (κ2) is 4.51. The normalized spacial score (nSPS) is 11.3. The number of halogens is 1. The number of hydrogen-bond acceptors (Lipinski definition) is 4. The van der Waals surface area contributed by atoms with Crippen molar-refractivity contribution >= 4 is 34.0 Å². The fourth-order valence-electron chi connectivity index (χ4n) is 1.93. The zero-order valence-electron chi connectivity index (χ0n) is 10.4. The third-order valence-electron chi connectivity index (χ3n) is 3.00. The van der Waals surface area contributed by atoms with Gasteiger partial charge in [0.2, 0.25) is 0 Å². The van der Waals surface area contributed by atoms with Crippen LogP contribution in [0.3, 0.4) is 0 Å². The number of oxazole rings is 1. The average Bonchev–Trinajstić information content (AvgIpc) is 2.81. The van der Waals surface area contributed by atoms with E-state index in [0.717, 1.165) is 16.2 Å². The van der Waals surface area contributed by atoms with Crippen LogP contribution in [-0.4, -0.2) is 9.55 Å². The summed E-state index contributed by atoms with van der Waals surface area (Å²) >= 11 is 7.48. The molecule has 2 heterocycles. The molecule has 0 unspecified atom stereocenters. The van der Waals surface area contributed by atoms with Crippen molar-refractivity contribution in [2.45, 2.75) is 20.4 Å². The molecule has 0 spiro atoms. The Balaban J connectivity index is 2.10. The first-order chi connectivity index (χ1) is 9.04. The van der Waals surface area contributed by atoms with Gasteiger partial charge in [0.25, 0.3) is 0 Å². The number of nitrogens with zero attached hydrogens (tertiary/aromatic N) is 2. The first kappa shape index (κ1) is 12.4. The smallest absolute Gasteiger partial charge is 0.408 e. The number of rotatable bonds is 2. The topological polar surface area (TPSA) is 48.0 Å². The van der Waals surface area contributed by atoms with Crippen molar-refractivity contribution in [1.82, 2.24) is 9.55 Å². The number of aryl methyl sites for hydroxylation is 2. The summed E-state index contributed by atoms with van der Waals surface area (Å²) in [6, 6.07) is 5.18. The minimum Gasteiger partial charge on any atom is -0.408 e. The van der Waals surface area contributed by atoms with Gasteiger partial charge in [0, 0.05) is 16.0 Å². The van der Waals surface area contributed by atoms with E-state index in [1.54, 1.807) is 34.1 Å². The monoisotopic (exact) mass is 294 g/mol. The van der Waals surface area contributed by atoms with Gasteiger partial charge in [-0.25, -0.2) is 9.78 Å². The van der Waals surface area contributed by atoms with Crippen LogP contribution in [0.1, 0.15) is 15.6 Å². The summed E-state index contributed by atoms with van der Waals surface area (Å²) in [4.78, 5) is 17.5. The Hall–Kier alpha value is -1.59. The van der Waals surface area contributed by atoms with Crippen molar-refractivity contribution < 1.29 is 4.42 Å². The van der Waals surface area contributed by atoms with Crippen molar-refractivity contribution in [3.8, 4) is 0 Å². The van der Waals surface area contributed by atoms with Gasteiger partial charge in [-0.1, -0.05) is 11.6 Å². The summed E-state index contributed by atoms with van der Waals surface area (Å²) < 4.78 is 6.76. The predicted molar refractivity (Wildman–Crippen MR) is 76.2 cm³/mol. The highest BCUT2D eigenvalue weighted by atomic mass is 35.5. The molecule has 0 aliphatic rings. The van der Waals surface area contributed by atoms with Gasteiger partial charge < -0.3 is 4.42 Å². The molecule has 2 aromatic heterocycles. The summed E-state index contributed by atoms with van der Waals surface area (Å²) in [6.07, 6.45) is 0. The fraction of sp³-hybridized carbons (Fsp3) is 0.231. The lowest BCUT2D eigenvalue weighted by molar-refractivity contribution is 0.517. The van der Waals surface area contributed by atoms with E-state index in [1.165, 1.54) is 4.88 Å². The van der Waals surface area contributed by atoms with Crippen molar-refractivity contribution in [1.29, 1.82) is 0 Å². The second-order valence-corrected chi connectivity index (χ2v) is 6.04. The largest absolute Gasteiger partial charge is 0.420 e. The predicted octanol–water partition coefficient (Wildman–Crippen LogP) is 3.37. The maximum Gasteiger partial charge on any atom is 0.420 e. The minimum absolute atomic E-state index is 0.386. The molecule has 0 atom stereocenters. The molecule has 98 valence electrons. The Bertz CT molecular complexity index is 796. The summed E-state index contributed by atoms with van der Waals surface area (Å²) in [5.74, 6) is -0.386. The molecule has 6 heteroatoms. The summed E-state index contributed by atoms with van der Waals surface area (Å²) in [6.45, 7) is 4.41. The van der Waals surface area contributed by atoms with Gasteiger partial charge in [0.1, 0.15) is 5.01 Å². The first-order valence-electron chi connectivity index (χ1n) is 5.76. The molecular weight excluding hydrogens is 284 g/mol. The Kier molecular flexibility index (Phi) is 2.95. The van der Waals surface area contributed by atoms with E-state index in [0.29, 0.717) is 17.2 Å². The molecule has 3 rings (SSSR count). The molecule has 0 saturated carbocycles. The fourth-order valence-corrected chi connectivity index (χ4v) is 3.02. The van der Waals surface area contributed by atoms with Crippen molar-refractivity contribution in [2.24, 2.45) is 0 Å². The minimum atomic E-state index is -0.386. The lowest BCUT2D eigenvalue weighted by atomic mass is 10.3. The maximum atomic E-state index is 11.9. The Morgan fingerprint density at radius 3 is 2.89 bits per heavy atom. The highest BCUT2D eigenvalue weighted by molar-refractivity contribution is 7.11. The molecule has 0 saturated heterocycles. The van der Waals surface area contributed by atoms with Gasteiger partial charge in [-0.2, -0.15) is 0 Å². The molecule has 0 aliphatic heterocycles. The molecule has 3 aromatic rings.